The molecule has 0 aliphatic heterocycles. The fraction of sp³-hybridized carbons (Fsp3) is 0.0526. The van der Waals surface area contributed by atoms with Crippen LogP contribution in [-0.2, 0) is 6.61 Å². The van der Waals surface area contributed by atoms with Gasteiger partial charge in [-0.3, -0.25) is 10.1 Å². The first-order chi connectivity index (χ1) is 13.0. The van der Waals surface area contributed by atoms with Crippen molar-refractivity contribution in [3.8, 4) is 11.3 Å². The van der Waals surface area contributed by atoms with Crippen LogP contribution in [0.4, 0.5) is 5.69 Å². The van der Waals surface area contributed by atoms with Crippen LogP contribution in [-0.4, -0.2) is 16.1 Å². The Morgan fingerprint density at radius 1 is 1.07 bits per heavy atom. The third-order valence-corrected chi connectivity index (χ3v) is 4.41. The highest BCUT2D eigenvalue weighted by Gasteiger charge is 2.13. The van der Waals surface area contributed by atoms with Crippen molar-refractivity contribution >= 4 is 52.1 Å². The van der Waals surface area contributed by atoms with Gasteiger partial charge in [0.2, 0.25) is 0 Å². The van der Waals surface area contributed by atoms with Crippen LogP contribution < -0.4 is 10.6 Å². The fourth-order valence-electron chi connectivity index (χ4n) is 2.34. The number of benzene rings is 2. The Morgan fingerprint density at radius 3 is 2.48 bits per heavy atom. The molecule has 0 spiro atoms. The minimum absolute atomic E-state index is 0.129. The number of aliphatic hydroxyl groups is 1. The van der Waals surface area contributed by atoms with Gasteiger partial charge in [-0.2, -0.15) is 0 Å². The van der Waals surface area contributed by atoms with Gasteiger partial charge in [-0.05, 0) is 66.8 Å². The minimum atomic E-state index is -0.455. The van der Waals surface area contributed by atoms with Crippen LogP contribution in [0.3, 0.4) is 0 Å². The number of halogens is 2. The van der Waals surface area contributed by atoms with Crippen LogP contribution in [0.2, 0.25) is 10.0 Å². The van der Waals surface area contributed by atoms with E-state index in [0.29, 0.717) is 22.2 Å². The van der Waals surface area contributed by atoms with Crippen LogP contribution in [0, 0.1) is 0 Å². The summed E-state index contributed by atoms with van der Waals surface area (Å²) in [5, 5.41) is 15.4. The number of anilines is 1. The second kappa shape index (κ2) is 8.54. The van der Waals surface area contributed by atoms with E-state index in [-0.39, 0.29) is 22.3 Å². The van der Waals surface area contributed by atoms with Crippen LogP contribution in [0.25, 0.3) is 11.3 Å². The molecule has 5 nitrogen and oxygen atoms in total. The summed E-state index contributed by atoms with van der Waals surface area (Å²) in [6, 6.07) is 15.4. The fourth-order valence-corrected chi connectivity index (χ4v) is 2.93. The molecule has 2 aromatic carbocycles. The van der Waals surface area contributed by atoms with Crippen LogP contribution in [0.1, 0.15) is 16.1 Å². The number of hydrogen-bond donors (Lipinski definition) is 3. The number of rotatable bonds is 4. The summed E-state index contributed by atoms with van der Waals surface area (Å²) < 4.78 is 5.49. The zero-order valence-corrected chi connectivity index (χ0v) is 16.2. The topological polar surface area (TPSA) is 74.5 Å². The predicted octanol–water partition coefficient (Wildman–Crippen LogP) is 4.87. The number of thiocarbonyl (C=S) groups is 1. The first-order valence-corrected chi connectivity index (χ1v) is 9.00. The molecule has 0 aliphatic carbocycles. The second-order valence-corrected chi connectivity index (χ2v) is 6.79. The molecule has 0 aliphatic rings. The highest BCUT2D eigenvalue weighted by atomic mass is 35.5. The van der Waals surface area contributed by atoms with E-state index in [1.807, 2.05) is 12.1 Å². The lowest BCUT2D eigenvalue weighted by atomic mass is 10.1. The molecule has 138 valence electrons. The third kappa shape index (κ3) is 4.87. The molecule has 1 heterocycles. The highest BCUT2D eigenvalue weighted by molar-refractivity contribution is 7.80. The molecule has 1 aromatic heterocycles. The van der Waals surface area contributed by atoms with Crippen molar-refractivity contribution in [3.05, 3.63) is 76.0 Å². The van der Waals surface area contributed by atoms with E-state index in [1.165, 1.54) is 6.07 Å². The van der Waals surface area contributed by atoms with Gasteiger partial charge in [0.25, 0.3) is 5.91 Å². The smallest absolute Gasteiger partial charge is 0.258 e. The number of nitrogens with one attached hydrogen (secondary N) is 2. The van der Waals surface area contributed by atoms with Crippen molar-refractivity contribution < 1.29 is 14.3 Å². The lowest BCUT2D eigenvalue weighted by Gasteiger charge is -2.11. The average Bonchev–Trinajstić information content (AvgIpc) is 3.13. The van der Waals surface area contributed by atoms with Gasteiger partial charge in [0.05, 0.1) is 10.6 Å². The Labute approximate surface area is 170 Å². The number of amides is 1. The average molecular weight is 421 g/mol. The van der Waals surface area contributed by atoms with Gasteiger partial charge in [-0.25, -0.2) is 0 Å². The van der Waals surface area contributed by atoms with Crippen LogP contribution >= 0.6 is 35.4 Å². The molecule has 0 unspecified atom stereocenters. The van der Waals surface area contributed by atoms with Gasteiger partial charge >= 0.3 is 0 Å². The lowest BCUT2D eigenvalue weighted by Crippen LogP contribution is -2.34. The van der Waals surface area contributed by atoms with Crippen molar-refractivity contribution in [2.75, 3.05) is 5.32 Å². The van der Waals surface area contributed by atoms with Crippen molar-refractivity contribution in [1.82, 2.24) is 5.32 Å². The number of furan rings is 1. The summed E-state index contributed by atoms with van der Waals surface area (Å²) in [5.41, 5.74) is 1.78. The molecule has 0 fully saturated rings. The van der Waals surface area contributed by atoms with Crippen molar-refractivity contribution in [2.45, 2.75) is 6.61 Å². The second-order valence-electron chi connectivity index (χ2n) is 5.53. The van der Waals surface area contributed by atoms with Gasteiger partial charge in [-0.15, -0.1) is 0 Å². The Morgan fingerprint density at radius 2 is 1.81 bits per heavy atom. The number of carbonyl (C=O) groups excluding carboxylic acids is 1. The van der Waals surface area contributed by atoms with Gasteiger partial charge < -0.3 is 14.8 Å². The van der Waals surface area contributed by atoms with E-state index >= 15 is 0 Å². The van der Waals surface area contributed by atoms with Crippen LogP contribution in [0.5, 0.6) is 0 Å². The van der Waals surface area contributed by atoms with Crippen LogP contribution in [0.15, 0.2) is 59.0 Å². The summed E-state index contributed by atoms with van der Waals surface area (Å²) in [6.45, 7) is -0.149. The highest BCUT2D eigenvalue weighted by Crippen LogP contribution is 2.24. The molecule has 8 heteroatoms. The quantitative estimate of drug-likeness (QED) is 0.524. The normalized spacial score (nSPS) is 10.5. The van der Waals surface area contributed by atoms with E-state index in [1.54, 1.807) is 36.4 Å². The molecule has 0 radical (unpaired) electrons. The van der Waals surface area contributed by atoms with Gasteiger partial charge in [-0.1, -0.05) is 23.2 Å². The number of hydrogen-bond acceptors (Lipinski definition) is 4. The first-order valence-electron chi connectivity index (χ1n) is 7.83. The molecule has 3 aromatic rings. The maximum Gasteiger partial charge on any atom is 0.258 e. The summed E-state index contributed by atoms with van der Waals surface area (Å²) in [4.78, 5) is 12.3. The third-order valence-electron chi connectivity index (χ3n) is 3.64. The zero-order chi connectivity index (χ0) is 19.4. The number of carbonyl (C=O) groups is 1. The van der Waals surface area contributed by atoms with Gasteiger partial charge in [0.15, 0.2) is 5.11 Å². The molecule has 3 rings (SSSR count). The van der Waals surface area contributed by atoms with Crippen molar-refractivity contribution in [2.24, 2.45) is 0 Å². The number of aliphatic hydroxyl groups excluding tert-OH is 1. The zero-order valence-electron chi connectivity index (χ0n) is 13.8. The Kier molecular flexibility index (Phi) is 6.13. The van der Waals surface area contributed by atoms with E-state index in [0.717, 1.165) is 5.56 Å². The largest absolute Gasteiger partial charge is 0.459 e. The van der Waals surface area contributed by atoms with E-state index in [4.69, 9.17) is 44.9 Å². The maximum absolute atomic E-state index is 12.3. The molecular formula is C19H14Cl2N2O3S. The molecule has 3 N–H and O–H groups in total. The molecule has 0 atom stereocenters. The van der Waals surface area contributed by atoms with Gasteiger partial charge in [0.1, 0.15) is 18.1 Å². The molecule has 0 saturated heterocycles. The summed E-state index contributed by atoms with van der Waals surface area (Å²) in [6.07, 6.45) is 0. The Hall–Kier alpha value is -2.38. The lowest BCUT2D eigenvalue weighted by molar-refractivity contribution is 0.0978. The monoisotopic (exact) mass is 420 g/mol. The SMILES string of the molecule is O=C(NC(=S)Nc1ccc(-c2ccc(CO)o2)cc1)c1cc(Cl)ccc1Cl. The van der Waals surface area contributed by atoms with Gasteiger partial charge in [0, 0.05) is 16.3 Å². The van der Waals surface area contributed by atoms with E-state index in [2.05, 4.69) is 10.6 Å². The van der Waals surface area contributed by atoms with E-state index in [9.17, 15) is 4.79 Å². The molecule has 1 amide bonds. The predicted molar refractivity (Wildman–Crippen MR) is 110 cm³/mol. The summed E-state index contributed by atoms with van der Waals surface area (Å²) in [7, 11) is 0. The van der Waals surface area contributed by atoms with E-state index < -0.39 is 5.91 Å². The molecule has 0 bridgehead atoms. The Bertz CT molecular complexity index is 987. The molecule has 0 saturated carbocycles. The Balaban J connectivity index is 1.64. The van der Waals surface area contributed by atoms with Crippen molar-refractivity contribution in [1.29, 1.82) is 0 Å². The molecule has 27 heavy (non-hydrogen) atoms. The first kappa shape index (κ1) is 19.4. The van der Waals surface area contributed by atoms with Crippen molar-refractivity contribution in [3.63, 3.8) is 0 Å². The molecular weight excluding hydrogens is 407 g/mol. The summed E-state index contributed by atoms with van der Waals surface area (Å²) >= 11 is 17.1. The maximum atomic E-state index is 12.3. The minimum Gasteiger partial charge on any atom is -0.459 e. The summed E-state index contributed by atoms with van der Waals surface area (Å²) in [5.74, 6) is 0.691. The standard InChI is InChI=1S/C19H14Cl2N2O3S/c20-12-3-7-16(21)15(9-12)18(25)23-19(27)22-13-4-1-11(2-5-13)17-8-6-14(10-24)26-17/h1-9,24H,10H2,(H2,22,23,25,27).